The zero-order valence-corrected chi connectivity index (χ0v) is 21.2. The maximum Gasteiger partial charge on any atom is 0.147 e. The van der Waals surface area contributed by atoms with Crippen molar-refractivity contribution >= 4 is 22.6 Å². The van der Waals surface area contributed by atoms with Gasteiger partial charge in [0.25, 0.3) is 0 Å². The molecule has 34 heavy (non-hydrogen) atoms. The molecule has 0 aliphatic rings. The molecule has 178 valence electrons. The number of nitrogens with zero attached hydrogens (tertiary/aromatic N) is 2. The second-order valence-electron chi connectivity index (χ2n) is 9.70. The van der Waals surface area contributed by atoms with Gasteiger partial charge in [0.1, 0.15) is 23.9 Å². The van der Waals surface area contributed by atoms with Crippen molar-refractivity contribution in [1.82, 2.24) is 9.55 Å². The number of benzene rings is 3. The Hall–Kier alpha value is -2.98. The minimum Gasteiger partial charge on any atom is -0.494 e. The fraction of sp³-hybridized carbons (Fsp3) is 0.345. The molecule has 3 aromatic carbocycles. The molecule has 5 heteroatoms. The van der Waals surface area contributed by atoms with Crippen LogP contribution in [0.25, 0.3) is 11.0 Å². The topological polar surface area (TPSA) is 36.3 Å². The van der Waals surface area contributed by atoms with Crippen LogP contribution in [0.15, 0.2) is 66.7 Å². The molecule has 0 spiro atoms. The van der Waals surface area contributed by atoms with Crippen molar-refractivity contribution in [3.63, 3.8) is 0 Å². The molecular formula is C29H33ClN2O2. The van der Waals surface area contributed by atoms with E-state index in [1.54, 1.807) is 0 Å². The number of para-hydroxylation sites is 2. The van der Waals surface area contributed by atoms with Gasteiger partial charge >= 0.3 is 0 Å². The van der Waals surface area contributed by atoms with Crippen molar-refractivity contribution in [3.8, 4) is 11.5 Å². The molecule has 0 saturated heterocycles. The van der Waals surface area contributed by atoms with E-state index >= 15 is 0 Å². The fourth-order valence-corrected chi connectivity index (χ4v) is 4.07. The van der Waals surface area contributed by atoms with Gasteiger partial charge in [0.05, 0.1) is 17.6 Å². The highest BCUT2D eigenvalue weighted by Gasteiger charge is 2.14. The van der Waals surface area contributed by atoms with Gasteiger partial charge in [-0.25, -0.2) is 4.98 Å². The predicted octanol–water partition coefficient (Wildman–Crippen LogP) is 7.73. The number of hydrogen-bond donors (Lipinski definition) is 0. The lowest BCUT2D eigenvalue weighted by Crippen LogP contribution is -2.11. The number of ether oxygens (including phenoxy) is 2. The summed E-state index contributed by atoms with van der Waals surface area (Å²) in [4.78, 5) is 4.84. The highest BCUT2D eigenvalue weighted by Crippen LogP contribution is 2.25. The number of unbranched alkanes of at least 4 members (excludes halogenated alkanes) is 1. The van der Waals surface area contributed by atoms with Gasteiger partial charge in [0.15, 0.2) is 0 Å². The highest BCUT2D eigenvalue weighted by molar-refractivity contribution is 6.31. The number of rotatable bonds is 9. The monoisotopic (exact) mass is 476 g/mol. The smallest absolute Gasteiger partial charge is 0.147 e. The lowest BCUT2D eigenvalue weighted by Gasteiger charge is -2.19. The van der Waals surface area contributed by atoms with E-state index in [0.717, 1.165) is 58.3 Å². The maximum absolute atomic E-state index is 6.12. The van der Waals surface area contributed by atoms with Crippen molar-refractivity contribution in [3.05, 3.63) is 88.7 Å². The first kappa shape index (κ1) is 24.2. The minimum atomic E-state index is 0.128. The standard InChI is InChI=1S/C29H33ClN2O2/c1-21-19-24(15-16-25(21)30)33-18-8-7-17-32-27-10-6-5-9-26(27)31-28(32)20-34-23-13-11-22(12-14-23)29(2,3)4/h5-6,9-16,19H,7-8,17-18,20H2,1-4H3. The van der Waals surface area contributed by atoms with Crippen LogP contribution in [0.3, 0.4) is 0 Å². The summed E-state index contributed by atoms with van der Waals surface area (Å²) in [6.07, 6.45) is 1.93. The van der Waals surface area contributed by atoms with E-state index in [4.69, 9.17) is 26.1 Å². The van der Waals surface area contributed by atoms with E-state index in [1.807, 2.05) is 43.3 Å². The van der Waals surface area contributed by atoms with Crippen molar-refractivity contribution < 1.29 is 9.47 Å². The molecule has 4 rings (SSSR count). The third-order valence-electron chi connectivity index (χ3n) is 6.00. The fourth-order valence-electron chi connectivity index (χ4n) is 3.95. The summed E-state index contributed by atoms with van der Waals surface area (Å²) in [5.41, 5.74) is 4.59. The van der Waals surface area contributed by atoms with Crippen molar-refractivity contribution in [2.24, 2.45) is 0 Å². The molecule has 1 heterocycles. The molecule has 0 fully saturated rings. The molecule has 0 bridgehead atoms. The minimum absolute atomic E-state index is 0.128. The van der Waals surface area contributed by atoms with Gasteiger partial charge in [0, 0.05) is 11.6 Å². The van der Waals surface area contributed by atoms with Gasteiger partial charge in [-0.3, -0.25) is 0 Å². The van der Waals surface area contributed by atoms with E-state index in [0.29, 0.717) is 13.2 Å². The van der Waals surface area contributed by atoms with Gasteiger partial charge < -0.3 is 14.0 Å². The zero-order valence-electron chi connectivity index (χ0n) is 20.5. The quantitative estimate of drug-likeness (QED) is 0.232. The Morgan fingerprint density at radius 2 is 1.62 bits per heavy atom. The number of aromatic nitrogens is 2. The average molecular weight is 477 g/mol. The van der Waals surface area contributed by atoms with E-state index in [1.165, 1.54) is 5.56 Å². The normalized spacial score (nSPS) is 11.7. The van der Waals surface area contributed by atoms with E-state index < -0.39 is 0 Å². The van der Waals surface area contributed by atoms with Gasteiger partial charge in [-0.1, -0.05) is 56.6 Å². The SMILES string of the molecule is Cc1cc(OCCCCn2c(COc3ccc(C(C)(C)C)cc3)nc3ccccc32)ccc1Cl. The summed E-state index contributed by atoms with van der Waals surface area (Å²) in [6.45, 7) is 10.6. The lowest BCUT2D eigenvalue weighted by atomic mass is 9.87. The zero-order chi connectivity index (χ0) is 24.1. The molecule has 0 N–H and O–H groups in total. The molecular weight excluding hydrogens is 444 g/mol. The lowest BCUT2D eigenvalue weighted by molar-refractivity contribution is 0.285. The van der Waals surface area contributed by atoms with Crippen molar-refractivity contribution in [2.75, 3.05) is 6.61 Å². The van der Waals surface area contributed by atoms with Gasteiger partial charge in [-0.05, 0) is 78.8 Å². The number of hydrogen-bond acceptors (Lipinski definition) is 3. The van der Waals surface area contributed by atoms with E-state index in [2.05, 4.69) is 55.7 Å². The summed E-state index contributed by atoms with van der Waals surface area (Å²) in [5, 5.41) is 0.763. The summed E-state index contributed by atoms with van der Waals surface area (Å²) in [6, 6.07) is 22.4. The van der Waals surface area contributed by atoms with Gasteiger partial charge in [-0.2, -0.15) is 0 Å². The first-order valence-electron chi connectivity index (χ1n) is 11.9. The predicted molar refractivity (Wildman–Crippen MR) is 140 cm³/mol. The van der Waals surface area contributed by atoms with E-state index in [-0.39, 0.29) is 5.41 Å². The summed E-state index contributed by atoms with van der Waals surface area (Å²) >= 11 is 6.10. The van der Waals surface area contributed by atoms with Crippen LogP contribution in [0, 0.1) is 6.92 Å². The van der Waals surface area contributed by atoms with Crippen LogP contribution in [-0.4, -0.2) is 16.2 Å². The Morgan fingerprint density at radius 3 is 2.35 bits per heavy atom. The molecule has 0 aliphatic heterocycles. The van der Waals surface area contributed by atoms with Crippen molar-refractivity contribution in [1.29, 1.82) is 0 Å². The molecule has 0 saturated carbocycles. The van der Waals surface area contributed by atoms with Crippen LogP contribution in [0.2, 0.25) is 5.02 Å². The Balaban J connectivity index is 1.37. The number of fused-ring (bicyclic) bond motifs is 1. The van der Waals surface area contributed by atoms with Crippen LogP contribution >= 0.6 is 11.6 Å². The van der Waals surface area contributed by atoms with Crippen LogP contribution in [0.5, 0.6) is 11.5 Å². The number of imidazole rings is 1. The molecule has 0 atom stereocenters. The molecule has 1 aromatic heterocycles. The largest absolute Gasteiger partial charge is 0.494 e. The first-order chi connectivity index (χ1) is 16.3. The Morgan fingerprint density at radius 1 is 0.882 bits per heavy atom. The third kappa shape index (κ3) is 5.92. The van der Waals surface area contributed by atoms with Crippen LogP contribution in [0.4, 0.5) is 0 Å². The second kappa shape index (κ2) is 10.5. The molecule has 0 aliphatic carbocycles. The van der Waals surface area contributed by atoms with Crippen LogP contribution in [0.1, 0.15) is 50.6 Å². The van der Waals surface area contributed by atoms with Gasteiger partial charge in [0.2, 0.25) is 0 Å². The van der Waals surface area contributed by atoms with E-state index in [9.17, 15) is 0 Å². The summed E-state index contributed by atoms with van der Waals surface area (Å²) < 4.78 is 14.3. The molecule has 4 aromatic rings. The number of aryl methyl sites for hydroxylation is 2. The molecule has 0 unspecified atom stereocenters. The summed E-state index contributed by atoms with van der Waals surface area (Å²) in [5.74, 6) is 2.66. The highest BCUT2D eigenvalue weighted by atomic mass is 35.5. The maximum atomic E-state index is 6.12. The molecule has 0 amide bonds. The van der Waals surface area contributed by atoms with Crippen LogP contribution < -0.4 is 9.47 Å². The first-order valence-corrected chi connectivity index (χ1v) is 12.3. The van der Waals surface area contributed by atoms with Crippen molar-refractivity contribution in [2.45, 2.75) is 59.1 Å². The average Bonchev–Trinajstić information content (AvgIpc) is 3.17. The summed E-state index contributed by atoms with van der Waals surface area (Å²) in [7, 11) is 0. The molecule has 4 nitrogen and oxygen atoms in total. The number of halogens is 1. The molecule has 0 radical (unpaired) electrons. The third-order valence-corrected chi connectivity index (χ3v) is 6.42. The Bertz CT molecular complexity index is 1240. The van der Waals surface area contributed by atoms with Gasteiger partial charge in [-0.15, -0.1) is 0 Å². The Labute approximate surface area is 207 Å². The van der Waals surface area contributed by atoms with Crippen LogP contribution in [-0.2, 0) is 18.6 Å². The Kier molecular flexibility index (Phi) is 7.47. The second-order valence-corrected chi connectivity index (χ2v) is 10.1.